The minimum atomic E-state index is -3.08. The number of hydrogen-bond donors (Lipinski definition) is 1. The summed E-state index contributed by atoms with van der Waals surface area (Å²) < 4.78 is 43.1. The predicted octanol–water partition coefficient (Wildman–Crippen LogP) is 1.85. The molecule has 0 bridgehead atoms. The Morgan fingerprint density at radius 3 is 2.76 bits per heavy atom. The highest BCUT2D eigenvalue weighted by Gasteiger charge is 2.22. The molecule has 0 radical (unpaired) electrons. The summed E-state index contributed by atoms with van der Waals surface area (Å²) in [7, 11) is 0. The fourth-order valence-corrected chi connectivity index (χ4v) is 1.26. The number of hydrogen-bond acceptors (Lipinski definition) is 4. The molecule has 0 unspecified atom stereocenters. The quantitative estimate of drug-likeness (QED) is 0.826. The van der Waals surface area contributed by atoms with Gasteiger partial charge in [-0.2, -0.15) is 0 Å². The van der Waals surface area contributed by atoms with Gasteiger partial charge in [0.15, 0.2) is 0 Å². The normalized spacial score (nSPS) is 10.6. The number of carbonyl (C=O) groups is 1. The summed E-state index contributed by atoms with van der Waals surface area (Å²) in [6, 6.07) is 0. The molecule has 1 heterocycles. The lowest BCUT2D eigenvalue weighted by atomic mass is 10.1. The maximum atomic E-state index is 13.6. The van der Waals surface area contributed by atoms with Crippen LogP contribution in [0.4, 0.5) is 19.0 Å². The van der Waals surface area contributed by atoms with Gasteiger partial charge in [0.05, 0.1) is 18.6 Å². The molecule has 0 aliphatic rings. The Morgan fingerprint density at radius 2 is 2.24 bits per heavy atom. The number of pyridine rings is 1. The molecule has 2 N–H and O–H groups in total. The molecule has 0 saturated heterocycles. The molecule has 1 aromatic rings. The summed E-state index contributed by atoms with van der Waals surface area (Å²) in [6.45, 7) is 1.71. The average Bonchev–Trinajstić information content (AvgIpc) is 2.22. The van der Waals surface area contributed by atoms with Gasteiger partial charge in [-0.25, -0.2) is 18.2 Å². The zero-order chi connectivity index (χ0) is 13.0. The third kappa shape index (κ3) is 3.08. The Labute approximate surface area is 95.6 Å². The number of aromatic nitrogens is 1. The van der Waals surface area contributed by atoms with E-state index in [-0.39, 0.29) is 12.2 Å². The van der Waals surface area contributed by atoms with Crippen molar-refractivity contribution in [2.75, 3.05) is 12.3 Å². The molecule has 0 atom stereocenters. The van der Waals surface area contributed by atoms with Gasteiger partial charge in [-0.1, -0.05) is 0 Å². The molecule has 0 saturated carbocycles. The first-order chi connectivity index (χ1) is 7.97. The van der Waals surface area contributed by atoms with E-state index in [1.165, 1.54) is 0 Å². The lowest BCUT2D eigenvalue weighted by Crippen LogP contribution is -2.12. The Balaban J connectivity index is 3.02. The van der Waals surface area contributed by atoms with Crippen LogP contribution in [0.2, 0.25) is 0 Å². The summed E-state index contributed by atoms with van der Waals surface area (Å²) >= 11 is 0. The second kappa shape index (κ2) is 5.51. The molecule has 94 valence electrons. The van der Waals surface area contributed by atoms with Gasteiger partial charge in [0.1, 0.15) is 11.6 Å². The molecule has 0 aromatic carbocycles. The number of halogens is 3. The van der Waals surface area contributed by atoms with Crippen LogP contribution in [0.1, 0.15) is 24.5 Å². The number of ether oxygens (including phenoxy) is 1. The number of esters is 1. The zero-order valence-corrected chi connectivity index (χ0v) is 9.04. The number of carbonyl (C=O) groups excluding carboxylic acids is 1. The van der Waals surface area contributed by atoms with Crippen LogP contribution in [-0.2, 0) is 16.0 Å². The maximum Gasteiger partial charge on any atom is 0.310 e. The van der Waals surface area contributed by atoms with E-state index < -0.39 is 36.0 Å². The monoisotopic (exact) mass is 248 g/mol. The van der Waals surface area contributed by atoms with E-state index in [0.717, 1.165) is 6.20 Å². The van der Waals surface area contributed by atoms with E-state index in [9.17, 15) is 18.0 Å². The number of nitrogens with two attached hydrogens (primary N) is 1. The molecule has 0 fully saturated rings. The molecule has 1 aromatic heterocycles. The second-order valence-corrected chi connectivity index (χ2v) is 3.18. The van der Waals surface area contributed by atoms with Crippen molar-refractivity contribution in [1.29, 1.82) is 0 Å². The van der Waals surface area contributed by atoms with Crippen molar-refractivity contribution in [3.63, 3.8) is 0 Å². The van der Waals surface area contributed by atoms with Crippen LogP contribution < -0.4 is 5.73 Å². The standard InChI is InChI=1S/C10H11F3N2O2/c1-2-17-6(16)3-5-4-15-10(14)7(8(5)11)9(12)13/h4,9H,2-3H2,1H3,(H2,14,15). The van der Waals surface area contributed by atoms with Crippen LogP contribution >= 0.6 is 0 Å². The van der Waals surface area contributed by atoms with Gasteiger partial charge in [-0.15, -0.1) is 0 Å². The van der Waals surface area contributed by atoms with Crippen molar-refractivity contribution >= 4 is 11.8 Å². The third-order valence-electron chi connectivity index (χ3n) is 2.01. The summed E-state index contributed by atoms with van der Waals surface area (Å²) in [5.74, 6) is -2.50. The lowest BCUT2D eigenvalue weighted by molar-refractivity contribution is -0.142. The predicted molar refractivity (Wildman–Crippen MR) is 53.9 cm³/mol. The van der Waals surface area contributed by atoms with E-state index >= 15 is 0 Å². The minimum absolute atomic E-state index is 0.130. The first kappa shape index (κ1) is 13.3. The number of nitrogens with zero attached hydrogens (tertiary/aromatic N) is 1. The van der Waals surface area contributed by atoms with E-state index in [4.69, 9.17) is 5.73 Å². The van der Waals surface area contributed by atoms with Gasteiger partial charge in [0.25, 0.3) is 6.43 Å². The van der Waals surface area contributed by atoms with Crippen molar-refractivity contribution in [1.82, 2.24) is 4.98 Å². The Hall–Kier alpha value is -1.79. The van der Waals surface area contributed by atoms with Crippen LogP contribution in [0.15, 0.2) is 6.20 Å². The highest BCUT2D eigenvalue weighted by atomic mass is 19.3. The maximum absolute atomic E-state index is 13.6. The smallest absolute Gasteiger partial charge is 0.310 e. The van der Waals surface area contributed by atoms with E-state index in [1.807, 2.05) is 0 Å². The molecule has 0 aliphatic heterocycles. The molecule has 1 rings (SSSR count). The van der Waals surface area contributed by atoms with Gasteiger partial charge in [0, 0.05) is 11.8 Å². The highest BCUT2D eigenvalue weighted by molar-refractivity contribution is 5.72. The van der Waals surface area contributed by atoms with E-state index in [2.05, 4.69) is 9.72 Å². The molecule has 0 amide bonds. The van der Waals surface area contributed by atoms with Crippen LogP contribution in [0, 0.1) is 5.82 Å². The van der Waals surface area contributed by atoms with Crippen molar-refractivity contribution in [3.05, 3.63) is 23.1 Å². The van der Waals surface area contributed by atoms with Crippen LogP contribution in [-0.4, -0.2) is 17.6 Å². The fourth-order valence-electron chi connectivity index (χ4n) is 1.26. The van der Waals surface area contributed by atoms with Gasteiger partial charge in [-0.3, -0.25) is 4.79 Å². The van der Waals surface area contributed by atoms with E-state index in [1.54, 1.807) is 6.92 Å². The number of anilines is 1. The molecule has 0 aliphatic carbocycles. The van der Waals surface area contributed by atoms with Crippen LogP contribution in [0.3, 0.4) is 0 Å². The number of rotatable bonds is 4. The second-order valence-electron chi connectivity index (χ2n) is 3.18. The summed E-state index contributed by atoms with van der Waals surface area (Å²) in [6.07, 6.45) is -2.58. The molecule has 17 heavy (non-hydrogen) atoms. The van der Waals surface area contributed by atoms with E-state index in [0.29, 0.717) is 0 Å². The van der Waals surface area contributed by atoms with Crippen molar-refractivity contribution in [2.45, 2.75) is 19.8 Å². The van der Waals surface area contributed by atoms with Gasteiger partial charge in [0.2, 0.25) is 0 Å². The molecular formula is C10H11F3N2O2. The molecule has 7 heteroatoms. The van der Waals surface area contributed by atoms with Crippen molar-refractivity contribution in [3.8, 4) is 0 Å². The zero-order valence-electron chi connectivity index (χ0n) is 9.04. The van der Waals surface area contributed by atoms with Crippen LogP contribution in [0.5, 0.6) is 0 Å². The van der Waals surface area contributed by atoms with Gasteiger partial charge in [-0.05, 0) is 6.92 Å². The third-order valence-corrected chi connectivity index (χ3v) is 2.01. The number of alkyl halides is 2. The Bertz CT molecular complexity index is 424. The minimum Gasteiger partial charge on any atom is -0.466 e. The number of nitrogen functional groups attached to an aromatic ring is 1. The SMILES string of the molecule is CCOC(=O)Cc1cnc(N)c(C(F)F)c1F. The van der Waals surface area contributed by atoms with Gasteiger partial charge < -0.3 is 10.5 Å². The molecular weight excluding hydrogens is 237 g/mol. The van der Waals surface area contributed by atoms with Crippen molar-refractivity contribution < 1.29 is 22.7 Å². The lowest BCUT2D eigenvalue weighted by Gasteiger charge is -2.09. The van der Waals surface area contributed by atoms with Crippen molar-refractivity contribution in [2.24, 2.45) is 0 Å². The molecule has 4 nitrogen and oxygen atoms in total. The first-order valence-corrected chi connectivity index (χ1v) is 4.83. The summed E-state index contributed by atoms with van der Waals surface area (Å²) in [4.78, 5) is 14.5. The van der Waals surface area contributed by atoms with Gasteiger partial charge >= 0.3 is 5.97 Å². The van der Waals surface area contributed by atoms with Crippen LogP contribution in [0.25, 0.3) is 0 Å². The summed E-state index contributed by atoms with van der Waals surface area (Å²) in [5.41, 5.74) is 3.90. The topological polar surface area (TPSA) is 65.2 Å². The first-order valence-electron chi connectivity index (χ1n) is 4.83. The highest BCUT2D eigenvalue weighted by Crippen LogP contribution is 2.28. The molecule has 0 spiro atoms. The fraction of sp³-hybridized carbons (Fsp3) is 0.400. The average molecular weight is 248 g/mol. The Kier molecular flexibility index (Phi) is 4.30. The summed E-state index contributed by atoms with van der Waals surface area (Å²) in [5, 5.41) is 0. The largest absolute Gasteiger partial charge is 0.466 e. The Morgan fingerprint density at radius 1 is 1.59 bits per heavy atom.